The zero-order chi connectivity index (χ0) is 13.8. The summed E-state index contributed by atoms with van der Waals surface area (Å²) in [5, 5.41) is 13.9. The van der Waals surface area contributed by atoms with Gasteiger partial charge in [-0.1, -0.05) is 24.3 Å². The molecule has 1 aromatic carbocycles. The molecule has 0 fully saturated rings. The molecule has 0 aliphatic carbocycles. The Bertz CT molecular complexity index is 598. The maximum atomic E-state index is 11.2. The Hall–Kier alpha value is -2.14. The molecule has 0 spiro atoms. The summed E-state index contributed by atoms with van der Waals surface area (Å²) in [4.78, 5) is 17.5. The molecule has 19 heavy (non-hydrogen) atoms. The first-order chi connectivity index (χ1) is 9.15. The average Bonchev–Trinajstić information content (AvgIpc) is 2.43. The number of benzene rings is 1. The number of fused-ring (bicyclic) bond motifs is 1. The second-order valence-electron chi connectivity index (χ2n) is 4.37. The third-order valence-corrected chi connectivity index (χ3v) is 3.06. The molecule has 100 valence electrons. The van der Waals surface area contributed by atoms with E-state index in [1.54, 1.807) is 0 Å². The molecule has 5 nitrogen and oxygen atoms in total. The lowest BCUT2D eigenvalue weighted by Crippen LogP contribution is -2.28. The van der Waals surface area contributed by atoms with E-state index in [1.807, 2.05) is 43.3 Å². The van der Waals surface area contributed by atoms with Crippen LogP contribution in [0.4, 0.5) is 5.82 Å². The van der Waals surface area contributed by atoms with E-state index in [0.29, 0.717) is 0 Å². The van der Waals surface area contributed by atoms with Crippen LogP contribution in [-0.2, 0) is 0 Å². The van der Waals surface area contributed by atoms with Gasteiger partial charge in [-0.3, -0.25) is 0 Å². The summed E-state index contributed by atoms with van der Waals surface area (Å²) in [6, 6.07) is 7.45. The Morgan fingerprint density at radius 3 is 2.68 bits per heavy atom. The minimum atomic E-state index is -0.951. The number of carbonyl (C=O) groups is 1. The lowest BCUT2D eigenvalue weighted by Gasteiger charge is -2.20. The highest BCUT2D eigenvalue weighted by molar-refractivity contribution is 6.06. The average molecular weight is 259 g/mol. The number of aromatic carboxylic acids is 1. The van der Waals surface area contributed by atoms with E-state index >= 15 is 0 Å². The highest BCUT2D eigenvalue weighted by Gasteiger charge is 2.14. The summed E-state index contributed by atoms with van der Waals surface area (Å²) in [6.45, 7) is 1.65. The number of hydrogen-bond donors (Lipinski definition) is 2. The van der Waals surface area contributed by atoms with E-state index in [1.165, 1.54) is 6.20 Å². The largest absolute Gasteiger partial charge is 0.478 e. The van der Waals surface area contributed by atoms with Crippen molar-refractivity contribution >= 4 is 22.6 Å². The van der Waals surface area contributed by atoms with Crippen LogP contribution in [0, 0.1) is 0 Å². The molecule has 0 aliphatic rings. The fourth-order valence-electron chi connectivity index (χ4n) is 2.04. The van der Waals surface area contributed by atoms with Crippen LogP contribution in [-0.4, -0.2) is 43.2 Å². The van der Waals surface area contributed by atoms with E-state index in [2.05, 4.69) is 10.3 Å². The number of carboxylic acid groups (broad SMARTS) is 1. The molecular formula is C14H17N3O2. The summed E-state index contributed by atoms with van der Waals surface area (Å²) in [5.74, 6) is -0.149. The number of rotatable bonds is 5. The maximum absolute atomic E-state index is 11.2. The van der Waals surface area contributed by atoms with Gasteiger partial charge in [0.05, 0.1) is 5.56 Å². The molecule has 1 aromatic heterocycles. The van der Waals surface area contributed by atoms with Crippen molar-refractivity contribution in [2.45, 2.75) is 0 Å². The number of likely N-dealkylation sites (N-methyl/N-ethyl adjacent to an activating group) is 2. The molecule has 2 aromatic rings. The van der Waals surface area contributed by atoms with Gasteiger partial charge in [0.25, 0.3) is 0 Å². The topological polar surface area (TPSA) is 65.5 Å². The summed E-state index contributed by atoms with van der Waals surface area (Å²) >= 11 is 0. The van der Waals surface area contributed by atoms with Crippen LogP contribution in [0.3, 0.4) is 0 Å². The molecule has 0 aliphatic heterocycles. The molecule has 0 atom stereocenters. The second kappa shape index (κ2) is 5.67. The van der Waals surface area contributed by atoms with Crippen LogP contribution >= 0.6 is 0 Å². The van der Waals surface area contributed by atoms with E-state index in [-0.39, 0.29) is 5.56 Å². The third-order valence-electron chi connectivity index (χ3n) is 3.06. The van der Waals surface area contributed by atoms with E-state index in [4.69, 9.17) is 0 Å². The molecule has 0 bridgehead atoms. The van der Waals surface area contributed by atoms with Crippen molar-refractivity contribution in [3.05, 3.63) is 36.0 Å². The molecule has 0 saturated heterocycles. The first-order valence-electron chi connectivity index (χ1n) is 6.12. The van der Waals surface area contributed by atoms with Gasteiger partial charge in [-0.25, -0.2) is 9.78 Å². The number of hydrogen-bond acceptors (Lipinski definition) is 4. The zero-order valence-electron chi connectivity index (χ0n) is 11.1. The van der Waals surface area contributed by atoms with Gasteiger partial charge in [-0.05, 0) is 7.05 Å². The maximum Gasteiger partial charge on any atom is 0.337 e. The van der Waals surface area contributed by atoms with E-state index < -0.39 is 5.97 Å². The fraction of sp³-hybridized carbons (Fsp3) is 0.286. The van der Waals surface area contributed by atoms with Crippen LogP contribution in [0.2, 0.25) is 0 Å². The fourth-order valence-corrected chi connectivity index (χ4v) is 2.04. The number of aromatic nitrogens is 1. The van der Waals surface area contributed by atoms with Gasteiger partial charge in [-0.2, -0.15) is 0 Å². The van der Waals surface area contributed by atoms with Crippen molar-refractivity contribution in [2.24, 2.45) is 0 Å². The van der Waals surface area contributed by atoms with Gasteiger partial charge < -0.3 is 15.3 Å². The summed E-state index contributed by atoms with van der Waals surface area (Å²) in [7, 11) is 3.85. The molecule has 2 rings (SSSR count). The minimum absolute atomic E-state index is 0.237. The minimum Gasteiger partial charge on any atom is -0.478 e. The predicted octanol–water partition coefficient (Wildman–Crippen LogP) is 1.59. The van der Waals surface area contributed by atoms with Gasteiger partial charge >= 0.3 is 5.97 Å². The van der Waals surface area contributed by atoms with Crippen LogP contribution in [0.5, 0.6) is 0 Å². The van der Waals surface area contributed by atoms with Crippen molar-refractivity contribution in [3.63, 3.8) is 0 Å². The Kier molecular flexibility index (Phi) is 3.97. The monoisotopic (exact) mass is 259 g/mol. The normalized spacial score (nSPS) is 10.6. The van der Waals surface area contributed by atoms with Gasteiger partial charge in [0.1, 0.15) is 5.82 Å². The molecule has 0 amide bonds. The molecule has 1 heterocycles. The van der Waals surface area contributed by atoms with Crippen LogP contribution in [0.15, 0.2) is 30.5 Å². The van der Waals surface area contributed by atoms with Crippen molar-refractivity contribution in [2.75, 3.05) is 32.1 Å². The summed E-state index contributed by atoms with van der Waals surface area (Å²) < 4.78 is 0. The Morgan fingerprint density at radius 2 is 2.05 bits per heavy atom. The second-order valence-corrected chi connectivity index (χ2v) is 4.37. The molecular weight excluding hydrogens is 242 g/mol. The number of pyridine rings is 1. The standard InChI is InChI=1S/C14H17N3O2/c1-15-7-8-17(2)13-11-6-4-3-5-10(11)12(9-16-13)14(18)19/h3-6,9,15H,7-8H2,1-2H3,(H,18,19). The van der Waals surface area contributed by atoms with Crippen molar-refractivity contribution in [1.29, 1.82) is 0 Å². The highest BCUT2D eigenvalue weighted by Crippen LogP contribution is 2.26. The van der Waals surface area contributed by atoms with Gasteiger partial charge in [-0.15, -0.1) is 0 Å². The van der Waals surface area contributed by atoms with Crippen LogP contribution in [0.25, 0.3) is 10.8 Å². The number of anilines is 1. The Balaban J connectivity index is 2.52. The predicted molar refractivity (Wildman–Crippen MR) is 75.9 cm³/mol. The number of carboxylic acids is 1. The SMILES string of the molecule is CNCCN(C)c1ncc(C(=O)O)c2ccccc12. The van der Waals surface area contributed by atoms with Crippen molar-refractivity contribution < 1.29 is 9.90 Å². The quantitative estimate of drug-likeness (QED) is 0.853. The lowest BCUT2D eigenvalue weighted by atomic mass is 10.1. The summed E-state index contributed by atoms with van der Waals surface area (Å²) in [6.07, 6.45) is 1.43. The summed E-state index contributed by atoms with van der Waals surface area (Å²) in [5.41, 5.74) is 0.237. The lowest BCUT2D eigenvalue weighted by molar-refractivity contribution is 0.0698. The Morgan fingerprint density at radius 1 is 1.37 bits per heavy atom. The third kappa shape index (κ3) is 2.66. The Labute approximate surface area is 111 Å². The number of nitrogens with one attached hydrogen (secondary N) is 1. The molecule has 2 N–H and O–H groups in total. The van der Waals surface area contributed by atoms with Crippen LogP contribution in [0.1, 0.15) is 10.4 Å². The molecule has 5 heteroatoms. The van der Waals surface area contributed by atoms with Crippen molar-refractivity contribution in [3.8, 4) is 0 Å². The first-order valence-corrected chi connectivity index (χ1v) is 6.12. The molecule has 0 saturated carbocycles. The molecule has 0 radical (unpaired) electrons. The molecule has 0 unspecified atom stereocenters. The van der Waals surface area contributed by atoms with Gasteiger partial charge in [0, 0.05) is 37.1 Å². The highest BCUT2D eigenvalue weighted by atomic mass is 16.4. The van der Waals surface area contributed by atoms with Gasteiger partial charge in [0.15, 0.2) is 0 Å². The van der Waals surface area contributed by atoms with Crippen LogP contribution < -0.4 is 10.2 Å². The zero-order valence-corrected chi connectivity index (χ0v) is 11.1. The smallest absolute Gasteiger partial charge is 0.337 e. The van der Waals surface area contributed by atoms with Gasteiger partial charge in [0.2, 0.25) is 0 Å². The van der Waals surface area contributed by atoms with E-state index in [9.17, 15) is 9.90 Å². The van der Waals surface area contributed by atoms with Crippen molar-refractivity contribution in [1.82, 2.24) is 10.3 Å². The number of nitrogens with zero attached hydrogens (tertiary/aromatic N) is 2. The first kappa shape index (κ1) is 13.3. The van der Waals surface area contributed by atoms with E-state index in [0.717, 1.165) is 29.7 Å².